The molecule has 2 fully saturated rings. The summed E-state index contributed by atoms with van der Waals surface area (Å²) in [6, 6.07) is 0. The maximum absolute atomic E-state index is 13.1. The van der Waals surface area contributed by atoms with Gasteiger partial charge in [-0.1, -0.05) is 0 Å². The molecule has 2 nitrogen and oxygen atoms in total. The van der Waals surface area contributed by atoms with Crippen molar-refractivity contribution in [3.8, 4) is 0 Å². The van der Waals surface area contributed by atoms with Gasteiger partial charge in [0.1, 0.15) is 0 Å². The summed E-state index contributed by atoms with van der Waals surface area (Å²) >= 11 is 0. The summed E-state index contributed by atoms with van der Waals surface area (Å²) in [7, 11) is 0. The van der Waals surface area contributed by atoms with E-state index in [-0.39, 0.29) is 5.78 Å². The van der Waals surface area contributed by atoms with Crippen molar-refractivity contribution in [2.45, 2.75) is 12.1 Å². The van der Waals surface area contributed by atoms with Crippen molar-refractivity contribution in [1.29, 1.82) is 0 Å². The fourth-order valence-corrected chi connectivity index (χ4v) is 1.56. The number of hydrogen-bond acceptors (Lipinski definition) is 2. The normalized spacial score (nSPS) is 48.6. The molecule has 2 aliphatic rings. The number of nitrogens with zero attached hydrogens (tertiary/aromatic N) is 1. The third-order valence-electron chi connectivity index (χ3n) is 2.17. The predicted molar refractivity (Wildman–Crippen MR) is 29.9 cm³/mol. The van der Waals surface area contributed by atoms with E-state index in [1.807, 2.05) is 4.90 Å². The summed E-state index contributed by atoms with van der Waals surface area (Å²) in [5, 5.41) is 0. The van der Waals surface area contributed by atoms with Crippen LogP contribution in [-0.2, 0) is 4.79 Å². The SMILES string of the molecule is O=C1CN2CCC1(F)C2. The van der Waals surface area contributed by atoms with Gasteiger partial charge < -0.3 is 0 Å². The molecule has 2 heterocycles. The topological polar surface area (TPSA) is 20.3 Å². The molecule has 2 aliphatic heterocycles. The molecule has 2 rings (SSSR count). The predicted octanol–water partition coefficient (Wildman–Crippen LogP) is -0.0169. The quantitative estimate of drug-likeness (QED) is 0.458. The van der Waals surface area contributed by atoms with Gasteiger partial charge in [0.2, 0.25) is 0 Å². The van der Waals surface area contributed by atoms with Crippen molar-refractivity contribution >= 4 is 5.78 Å². The first-order valence-corrected chi connectivity index (χ1v) is 3.15. The average Bonchev–Trinajstić information content (AvgIpc) is 2.22. The van der Waals surface area contributed by atoms with Gasteiger partial charge in [-0.15, -0.1) is 0 Å². The number of halogens is 1. The molecule has 3 heteroatoms. The Labute approximate surface area is 52.6 Å². The van der Waals surface area contributed by atoms with Crippen LogP contribution in [0.1, 0.15) is 6.42 Å². The molecule has 2 atom stereocenters. The van der Waals surface area contributed by atoms with Crippen LogP contribution in [0.4, 0.5) is 4.39 Å². The van der Waals surface area contributed by atoms with Crippen LogP contribution < -0.4 is 0 Å². The zero-order chi connectivity index (χ0) is 6.48. The lowest BCUT2D eigenvalue weighted by Gasteiger charge is -2.12. The molecule has 2 unspecified atom stereocenters. The third-order valence-corrected chi connectivity index (χ3v) is 2.17. The van der Waals surface area contributed by atoms with Crippen LogP contribution in [-0.4, -0.2) is 36.0 Å². The summed E-state index contributed by atoms with van der Waals surface area (Å²) in [6.07, 6.45) is 0.422. The van der Waals surface area contributed by atoms with Gasteiger partial charge in [-0.2, -0.15) is 0 Å². The van der Waals surface area contributed by atoms with Crippen LogP contribution >= 0.6 is 0 Å². The Kier molecular flexibility index (Phi) is 0.799. The molecule has 9 heavy (non-hydrogen) atoms. The number of hydrogen-bond donors (Lipinski definition) is 0. The maximum atomic E-state index is 13.1. The van der Waals surface area contributed by atoms with Crippen LogP contribution in [0.3, 0.4) is 0 Å². The van der Waals surface area contributed by atoms with Gasteiger partial charge in [-0.25, -0.2) is 4.39 Å². The fourth-order valence-electron chi connectivity index (χ4n) is 1.56. The molecular formula is C6H8FNO. The van der Waals surface area contributed by atoms with Crippen molar-refractivity contribution in [2.75, 3.05) is 19.6 Å². The van der Waals surface area contributed by atoms with Crippen LogP contribution in [0.15, 0.2) is 0 Å². The van der Waals surface area contributed by atoms with Gasteiger partial charge in [-0.3, -0.25) is 9.69 Å². The van der Waals surface area contributed by atoms with E-state index in [0.717, 1.165) is 6.54 Å². The standard InChI is InChI=1S/C6H8FNO/c7-6-1-2-8(4-6)3-5(6)9/h1-4H2. The van der Waals surface area contributed by atoms with Crippen LogP contribution in [0.2, 0.25) is 0 Å². The molecule has 0 spiro atoms. The van der Waals surface area contributed by atoms with E-state index < -0.39 is 5.67 Å². The van der Waals surface area contributed by atoms with Crippen LogP contribution in [0, 0.1) is 0 Å². The first kappa shape index (κ1) is 5.35. The van der Waals surface area contributed by atoms with E-state index in [9.17, 15) is 9.18 Å². The molecule has 0 aromatic carbocycles. The highest BCUT2D eigenvalue weighted by Gasteiger charge is 2.51. The summed E-state index contributed by atoms with van der Waals surface area (Å²) in [5.41, 5.74) is -1.44. The first-order valence-electron chi connectivity index (χ1n) is 3.15. The summed E-state index contributed by atoms with van der Waals surface area (Å²) < 4.78 is 13.1. The first-order chi connectivity index (χ1) is 4.21. The van der Waals surface area contributed by atoms with Gasteiger partial charge >= 0.3 is 0 Å². The number of carbonyl (C=O) groups excluding carboxylic acids is 1. The minimum atomic E-state index is -1.44. The van der Waals surface area contributed by atoms with Gasteiger partial charge in [0.05, 0.1) is 6.54 Å². The molecule has 0 saturated carbocycles. The van der Waals surface area contributed by atoms with Crippen molar-refractivity contribution in [1.82, 2.24) is 4.90 Å². The van der Waals surface area contributed by atoms with Crippen LogP contribution in [0.5, 0.6) is 0 Å². The second-order valence-corrected chi connectivity index (χ2v) is 2.85. The fraction of sp³-hybridized carbons (Fsp3) is 0.833. The summed E-state index contributed by atoms with van der Waals surface area (Å²) in [5.74, 6) is -0.214. The van der Waals surface area contributed by atoms with Gasteiger partial charge in [0.25, 0.3) is 0 Å². The van der Waals surface area contributed by atoms with E-state index in [1.165, 1.54) is 0 Å². The lowest BCUT2D eigenvalue weighted by molar-refractivity contribution is -0.126. The largest absolute Gasteiger partial charge is 0.295 e. The third kappa shape index (κ3) is 0.553. The molecule has 0 aromatic rings. The average molecular weight is 129 g/mol. The smallest absolute Gasteiger partial charge is 0.185 e. The Morgan fingerprint density at radius 1 is 1.67 bits per heavy atom. The van der Waals surface area contributed by atoms with Crippen molar-refractivity contribution in [3.63, 3.8) is 0 Å². The zero-order valence-electron chi connectivity index (χ0n) is 5.06. The Hall–Kier alpha value is -0.440. The number of ketones is 1. The number of rotatable bonds is 0. The molecular weight excluding hydrogens is 121 g/mol. The number of fused-ring (bicyclic) bond motifs is 2. The van der Waals surface area contributed by atoms with Crippen molar-refractivity contribution < 1.29 is 9.18 Å². The Morgan fingerprint density at radius 2 is 2.44 bits per heavy atom. The van der Waals surface area contributed by atoms with Crippen molar-refractivity contribution in [2.24, 2.45) is 0 Å². The Bertz CT molecular complexity index is 170. The molecule has 2 saturated heterocycles. The second kappa shape index (κ2) is 1.34. The monoisotopic (exact) mass is 129 g/mol. The zero-order valence-corrected chi connectivity index (χ0v) is 5.06. The lowest BCUT2D eigenvalue weighted by atomic mass is 10.0. The maximum Gasteiger partial charge on any atom is 0.185 e. The molecule has 2 bridgehead atoms. The van der Waals surface area contributed by atoms with E-state index in [0.29, 0.717) is 19.5 Å². The second-order valence-electron chi connectivity index (χ2n) is 2.85. The van der Waals surface area contributed by atoms with E-state index in [4.69, 9.17) is 0 Å². The lowest BCUT2D eigenvalue weighted by Crippen LogP contribution is -2.32. The van der Waals surface area contributed by atoms with E-state index >= 15 is 0 Å². The molecule has 0 amide bonds. The molecule has 0 N–H and O–H groups in total. The number of Topliss-reactive ketones (excluding diaryl/α,β-unsaturated/α-hetero) is 1. The molecule has 0 aromatic heterocycles. The van der Waals surface area contributed by atoms with E-state index in [1.54, 1.807) is 0 Å². The highest BCUT2D eigenvalue weighted by molar-refractivity contribution is 5.92. The molecule has 0 radical (unpaired) electrons. The van der Waals surface area contributed by atoms with Crippen LogP contribution in [0.25, 0.3) is 0 Å². The highest BCUT2D eigenvalue weighted by Crippen LogP contribution is 2.32. The minimum Gasteiger partial charge on any atom is -0.295 e. The van der Waals surface area contributed by atoms with Gasteiger partial charge in [-0.05, 0) is 0 Å². The minimum absolute atomic E-state index is 0.214. The Morgan fingerprint density at radius 3 is 2.67 bits per heavy atom. The highest BCUT2D eigenvalue weighted by atomic mass is 19.1. The summed E-state index contributed by atoms with van der Waals surface area (Å²) in [6.45, 7) is 1.46. The Balaban J connectivity index is 2.32. The number of alkyl halides is 1. The number of piperidine rings is 1. The van der Waals surface area contributed by atoms with Gasteiger partial charge in [0, 0.05) is 19.5 Å². The molecule has 50 valence electrons. The van der Waals surface area contributed by atoms with Crippen molar-refractivity contribution in [3.05, 3.63) is 0 Å². The summed E-state index contributed by atoms with van der Waals surface area (Å²) in [4.78, 5) is 12.6. The number of carbonyl (C=O) groups is 1. The van der Waals surface area contributed by atoms with E-state index in [2.05, 4.69) is 0 Å². The van der Waals surface area contributed by atoms with Gasteiger partial charge in [0.15, 0.2) is 11.5 Å². The molecule has 0 aliphatic carbocycles.